The second kappa shape index (κ2) is 6.05. The highest BCUT2D eigenvalue weighted by molar-refractivity contribution is 5.82. The van der Waals surface area contributed by atoms with Gasteiger partial charge < -0.3 is 0 Å². The average molecular weight is 295 g/mol. The standard InChI is InChI=1S/C22H17N/c1-2-8-18(9-3-1)19-10-4-7-17(15-19)16-20-11-5-13-22-21(20)12-6-14-23-22/h1-15H,16H2. The molecule has 0 aliphatic heterocycles. The van der Waals surface area contributed by atoms with E-state index in [4.69, 9.17) is 0 Å². The van der Waals surface area contributed by atoms with Crippen molar-refractivity contribution >= 4 is 10.9 Å². The van der Waals surface area contributed by atoms with Gasteiger partial charge in [-0.2, -0.15) is 0 Å². The molecular weight excluding hydrogens is 278 g/mol. The van der Waals surface area contributed by atoms with Gasteiger partial charge in [0.2, 0.25) is 0 Å². The first-order valence-corrected chi connectivity index (χ1v) is 7.87. The van der Waals surface area contributed by atoms with Crippen LogP contribution in [0.1, 0.15) is 11.1 Å². The van der Waals surface area contributed by atoms with Crippen LogP contribution in [0.4, 0.5) is 0 Å². The van der Waals surface area contributed by atoms with Crippen molar-refractivity contribution in [2.24, 2.45) is 0 Å². The van der Waals surface area contributed by atoms with Crippen LogP contribution in [0.2, 0.25) is 0 Å². The van der Waals surface area contributed by atoms with Crippen molar-refractivity contribution in [3.05, 3.63) is 102 Å². The van der Waals surface area contributed by atoms with E-state index in [9.17, 15) is 0 Å². The van der Waals surface area contributed by atoms with Gasteiger partial charge in [-0.3, -0.25) is 4.98 Å². The molecule has 0 saturated heterocycles. The molecule has 0 unspecified atom stereocenters. The van der Waals surface area contributed by atoms with Crippen LogP contribution in [0.25, 0.3) is 22.0 Å². The molecule has 23 heavy (non-hydrogen) atoms. The monoisotopic (exact) mass is 295 g/mol. The fourth-order valence-electron chi connectivity index (χ4n) is 3.03. The summed E-state index contributed by atoms with van der Waals surface area (Å²) in [5.74, 6) is 0. The smallest absolute Gasteiger partial charge is 0.0704 e. The number of aromatic nitrogens is 1. The van der Waals surface area contributed by atoms with E-state index in [2.05, 4.69) is 83.8 Å². The Kier molecular flexibility index (Phi) is 3.61. The van der Waals surface area contributed by atoms with Crippen molar-refractivity contribution in [2.75, 3.05) is 0 Å². The molecule has 4 rings (SSSR count). The minimum Gasteiger partial charge on any atom is -0.256 e. The highest BCUT2D eigenvalue weighted by Crippen LogP contribution is 2.24. The molecule has 0 amide bonds. The Balaban J connectivity index is 1.72. The maximum absolute atomic E-state index is 4.45. The van der Waals surface area contributed by atoms with Gasteiger partial charge in [-0.25, -0.2) is 0 Å². The van der Waals surface area contributed by atoms with Crippen LogP contribution in [-0.2, 0) is 6.42 Å². The summed E-state index contributed by atoms with van der Waals surface area (Å²) in [6.07, 6.45) is 2.77. The van der Waals surface area contributed by atoms with Crippen molar-refractivity contribution in [3.63, 3.8) is 0 Å². The number of hydrogen-bond donors (Lipinski definition) is 0. The van der Waals surface area contributed by atoms with Crippen molar-refractivity contribution in [1.82, 2.24) is 4.98 Å². The molecule has 0 spiro atoms. The van der Waals surface area contributed by atoms with Crippen molar-refractivity contribution in [2.45, 2.75) is 6.42 Å². The summed E-state index contributed by atoms with van der Waals surface area (Å²) >= 11 is 0. The van der Waals surface area contributed by atoms with Crippen LogP contribution in [0, 0.1) is 0 Å². The summed E-state index contributed by atoms with van der Waals surface area (Å²) < 4.78 is 0. The van der Waals surface area contributed by atoms with Crippen molar-refractivity contribution in [3.8, 4) is 11.1 Å². The predicted octanol–water partition coefficient (Wildman–Crippen LogP) is 5.49. The maximum atomic E-state index is 4.45. The lowest BCUT2D eigenvalue weighted by molar-refractivity contribution is 1.21. The number of benzene rings is 3. The van der Waals surface area contributed by atoms with Gasteiger partial charge in [0.1, 0.15) is 0 Å². The molecule has 4 aromatic rings. The van der Waals surface area contributed by atoms with Gasteiger partial charge in [0.25, 0.3) is 0 Å². The largest absolute Gasteiger partial charge is 0.256 e. The third kappa shape index (κ3) is 2.86. The first-order valence-electron chi connectivity index (χ1n) is 7.87. The zero-order valence-electron chi connectivity index (χ0n) is 12.8. The summed E-state index contributed by atoms with van der Waals surface area (Å²) in [6, 6.07) is 29.8. The minimum atomic E-state index is 0.920. The summed E-state index contributed by atoms with van der Waals surface area (Å²) in [5.41, 5.74) is 6.23. The van der Waals surface area contributed by atoms with Gasteiger partial charge >= 0.3 is 0 Å². The summed E-state index contributed by atoms with van der Waals surface area (Å²) in [6.45, 7) is 0. The molecule has 1 aromatic heterocycles. The Labute approximate surface area is 136 Å². The Morgan fingerprint density at radius 1 is 0.652 bits per heavy atom. The molecule has 3 aromatic carbocycles. The van der Waals surface area contributed by atoms with E-state index in [0.717, 1.165) is 11.9 Å². The van der Waals surface area contributed by atoms with Crippen LogP contribution in [0.3, 0.4) is 0 Å². The van der Waals surface area contributed by atoms with E-state index < -0.39 is 0 Å². The third-order valence-corrected chi connectivity index (χ3v) is 4.16. The molecule has 1 nitrogen and oxygen atoms in total. The van der Waals surface area contributed by atoms with E-state index in [0.29, 0.717) is 0 Å². The first kappa shape index (κ1) is 13.7. The van der Waals surface area contributed by atoms with E-state index in [1.807, 2.05) is 12.3 Å². The topological polar surface area (TPSA) is 12.9 Å². The van der Waals surface area contributed by atoms with E-state index >= 15 is 0 Å². The minimum absolute atomic E-state index is 0.920. The Morgan fingerprint density at radius 3 is 2.39 bits per heavy atom. The van der Waals surface area contributed by atoms with Crippen molar-refractivity contribution in [1.29, 1.82) is 0 Å². The number of pyridine rings is 1. The summed E-state index contributed by atoms with van der Waals surface area (Å²) in [7, 11) is 0. The lowest BCUT2D eigenvalue weighted by Gasteiger charge is -2.08. The fourth-order valence-corrected chi connectivity index (χ4v) is 3.03. The Hall–Kier alpha value is -2.93. The summed E-state index contributed by atoms with van der Waals surface area (Å²) in [4.78, 5) is 4.45. The van der Waals surface area contributed by atoms with Gasteiger partial charge in [-0.1, -0.05) is 72.8 Å². The third-order valence-electron chi connectivity index (χ3n) is 4.16. The molecule has 1 heterocycles. The highest BCUT2D eigenvalue weighted by atomic mass is 14.6. The van der Waals surface area contributed by atoms with E-state index in [-0.39, 0.29) is 0 Å². The van der Waals surface area contributed by atoms with E-state index in [1.165, 1.54) is 27.6 Å². The number of nitrogens with zero attached hydrogens (tertiary/aromatic N) is 1. The molecule has 0 radical (unpaired) electrons. The predicted molar refractivity (Wildman–Crippen MR) is 96.4 cm³/mol. The lowest BCUT2D eigenvalue weighted by Crippen LogP contribution is -1.91. The SMILES string of the molecule is c1ccc(-c2cccc(Cc3cccc4ncccc34)c2)cc1. The number of hydrogen-bond acceptors (Lipinski definition) is 1. The maximum Gasteiger partial charge on any atom is 0.0704 e. The average Bonchev–Trinajstić information content (AvgIpc) is 2.63. The van der Waals surface area contributed by atoms with Crippen LogP contribution in [0.5, 0.6) is 0 Å². The number of rotatable bonds is 3. The molecule has 0 aliphatic rings. The van der Waals surface area contributed by atoms with Gasteiger partial charge in [0.05, 0.1) is 5.52 Å². The highest BCUT2D eigenvalue weighted by Gasteiger charge is 2.04. The molecule has 0 N–H and O–H groups in total. The Morgan fingerprint density at radius 2 is 1.48 bits per heavy atom. The van der Waals surface area contributed by atoms with Crippen molar-refractivity contribution < 1.29 is 0 Å². The quantitative estimate of drug-likeness (QED) is 0.487. The molecule has 0 aliphatic carbocycles. The van der Waals surface area contributed by atoms with Gasteiger partial charge in [-0.15, -0.1) is 0 Å². The normalized spacial score (nSPS) is 10.8. The van der Waals surface area contributed by atoms with Crippen LogP contribution in [0.15, 0.2) is 91.1 Å². The lowest BCUT2D eigenvalue weighted by atomic mass is 9.97. The first-order chi connectivity index (χ1) is 11.4. The van der Waals surface area contributed by atoms with Crippen LogP contribution in [-0.4, -0.2) is 4.98 Å². The molecular formula is C22H17N. The molecule has 0 fully saturated rings. The fraction of sp³-hybridized carbons (Fsp3) is 0.0455. The van der Waals surface area contributed by atoms with Gasteiger partial charge in [0, 0.05) is 11.6 Å². The van der Waals surface area contributed by atoms with Gasteiger partial charge in [0.15, 0.2) is 0 Å². The zero-order valence-corrected chi connectivity index (χ0v) is 12.8. The molecule has 0 bridgehead atoms. The molecule has 0 saturated carbocycles. The zero-order chi connectivity index (χ0) is 15.5. The second-order valence-electron chi connectivity index (χ2n) is 5.73. The number of fused-ring (bicyclic) bond motifs is 1. The van der Waals surface area contributed by atoms with Gasteiger partial charge in [-0.05, 0) is 40.8 Å². The molecule has 0 atom stereocenters. The molecule has 110 valence electrons. The van der Waals surface area contributed by atoms with E-state index in [1.54, 1.807) is 0 Å². The van der Waals surface area contributed by atoms with Crippen LogP contribution < -0.4 is 0 Å². The second-order valence-corrected chi connectivity index (χ2v) is 5.73. The molecule has 1 heteroatoms. The Bertz CT molecular complexity index is 937. The van der Waals surface area contributed by atoms with Crippen LogP contribution >= 0.6 is 0 Å². The summed E-state index contributed by atoms with van der Waals surface area (Å²) in [5, 5.41) is 1.24.